The van der Waals surface area contributed by atoms with E-state index in [-0.39, 0.29) is 23.9 Å². The molecule has 0 radical (unpaired) electrons. The van der Waals surface area contributed by atoms with Crippen LogP contribution in [-0.4, -0.2) is 32.7 Å². The molecule has 4 N–H and O–H groups in total. The number of halogens is 1. The largest absolute Gasteiger partial charge is 0.370 e. The van der Waals surface area contributed by atoms with E-state index in [9.17, 15) is 12.8 Å². The van der Waals surface area contributed by atoms with Crippen LogP contribution in [0.15, 0.2) is 23.2 Å². The van der Waals surface area contributed by atoms with Gasteiger partial charge in [0.25, 0.3) is 0 Å². The van der Waals surface area contributed by atoms with E-state index in [1.807, 2.05) is 0 Å². The van der Waals surface area contributed by atoms with Crippen molar-refractivity contribution in [2.24, 2.45) is 10.7 Å². The van der Waals surface area contributed by atoms with E-state index in [1.165, 1.54) is 12.1 Å². The topological polar surface area (TPSA) is 96.6 Å². The number of nitrogens with one attached hydrogen (secondary N) is 2. The Morgan fingerprint density at radius 2 is 2.19 bits per heavy atom. The predicted octanol–water partition coefficient (Wildman–Crippen LogP) is 0.943. The zero-order chi connectivity index (χ0) is 15.5. The second-order valence-electron chi connectivity index (χ2n) is 5.07. The van der Waals surface area contributed by atoms with Crippen LogP contribution in [0.2, 0.25) is 0 Å². The second-order valence-corrected chi connectivity index (χ2v) is 6.91. The molecule has 1 aliphatic carbocycles. The van der Waals surface area contributed by atoms with Gasteiger partial charge >= 0.3 is 0 Å². The molecular formula is C13H19FN4O2S. The third-order valence-electron chi connectivity index (χ3n) is 3.02. The summed E-state index contributed by atoms with van der Waals surface area (Å²) < 4.78 is 39.4. The average molecular weight is 314 g/mol. The fourth-order valence-corrected chi connectivity index (χ4v) is 2.58. The van der Waals surface area contributed by atoms with E-state index >= 15 is 0 Å². The molecule has 0 unspecified atom stereocenters. The first kappa shape index (κ1) is 15.6. The first-order valence-corrected chi connectivity index (χ1v) is 8.34. The minimum absolute atomic E-state index is 0.0508. The molecule has 1 fully saturated rings. The zero-order valence-corrected chi connectivity index (χ0v) is 12.6. The van der Waals surface area contributed by atoms with Crippen LogP contribution >= 0.6 is 0 Å². The summed E-state index contributed by atoms with van der Waals surface area (Å²) in [5, 5.41) is 2.97. The van der Waals surface area contributed by atoms with Crippen molar-refractivity contribution in [3.63, 3.8) is 0 Å². The molecule has 0 saturated heterocycles. The number of rotatable bonds is 6. The van der Waals surface area contributed by atoms with Gasteiger partial charge in [0, 0.05) is 6.04 Å². The molecule has 0 bridgehead atoms. The summed E-state index contributed by atoms with van der Waals surface area (Å²) in [6.07, 6.45) is 2.13. The van der Waals surface area contributed by atoms with Crippen molar-refractivity contribution >= 4 is 21.7 Å². The van der Waals surface area contributed by atoms with E-state index in [2.05, 4.69) is 15.0 Å². The molecule has 0 aliphatic heterocycles. The van der Waals surface area contributed by atoms with Crippen LogP contribution in [0.5, 0.6) is 0 Å². The van der Waals surface area contributed by atoms with Crippen molar-refractivity contribution in [2.75, 3.05) is 17.0 Å². The molecule has 1 saturated carbocycles. The minimum atomic E-state index is -3.58. The number of nitrogens with zero attached hydrogens (tertiary/aromatic N) is 1. The molecule has 2 rings (SSSR count). The summed E-state index contributed by atoms with van der Waals surface area (Å²) in [6, 6.07) is 4.56. The Balaban J connectivity index is 1.87. The lowest BCUT2D eigenvalue weighted by Crippen LogP contribution is -2.34. The first-order chi connectivity index (χ1) is 9.85. The summed E-state index contributed by atoms with van der Waals surface area (Å²) in [4.78, 5) is 3.95. The van der Waals surface area contributed by atoms with Gasteiger partial charge in [0.15, 0.2) is 5.96 Å². The van der Waals surface area contributed by atoms with Gasteiger partial charge in [-0.1, -0.05) is 6.07 Å². The maximum absolute atomic E-state index is 13.4. The van der Waals surface area contributed by atoms with Crippen LogP contribution in [-0.2, 0) is 10.0 Å². The van der Waals surface area contributed by atoms with Crippen molar-refractivity contribution in [3.05, 3.63) is 29.6 Å². The van der Waals surface area contributed by atoms with Crippen molar-refractivity contribution in [1.82, 2.24) is 5.32 Å². The molecule has 0 aromatic heterocycles. The van der Waals surface area contributed by atoms with Gasteiger partial charge in [0.2, 0.25) is 10.0 Å². The Bertz CT molecular complexity index is 642. The molecule has 6 nitrogen and oxygen atoms in total. The third kappa shape index (κ3) is 5.22. The quantitative estimate of drug-likeness (QED) is 0.538. The first-order valence-electron chi connectivity index (χ1n) is 6.69. The van der Waals surface area contributed by atoms with Gasteiger partial charge in [0.1, 0.15) is 5.82 Å². The summed E-state index contributed by atoms with van der Waals surface area (Å²) in [5.41, 5.74) is 6.27. The minimum Gasteiger partial charge on any atom is -0.370 e. The Morgan fingerprint density at radius 3 is 2.81 bits per heavy atom. The highest BCUT2D eigenvalue weighted by Gasteiger charge is 2.21. The maximum Gasteiger partial charge on any atom is 0.234 e. The molecule has 0 atom stereocenters. The number of hydrogen-bond acceptors (Lipinski definition) is 3. The van der Waals surface area contributed by atoms with Gasteiger partial charge in [-0.2, -0.15) is 0 Å². The van der Waals surface area contributed by atoms with Crippen LogP contribution in [0.3, 0.4) is 0 Å². The monoisotopic (exact) mass is 314 g/mol. The summed E-state index contributed by atoms with van der Waals surface area (Å²) >= 11 is 0. The van der Waals surface area contributed by atoms with Gasteiger partial charge in [-0.05, 0) is 37.5 Å². The van der Waals surface area contributed by atoms with Crippen LogP contribution in [0.4, 0.5) is 10.1 Å². The van der Waals surface area contributed by atoms with E-state index in [0.717, 1.165) is 18.9 Å². The molecule has 1 aliphatic rings. The Morgan fingerprint density at radius 1 is 1.48 bits per heavy atom. The maximum atomic E-state index is 13.4. The molecular weight excluding hydrogens is 295 g/mol. The summed E-state index contributed by atoms with van der Waals surface area (Å²) in [6.45, 7) is 1.66. The summed E-state index contributed by atoms with van der Waals surface area (Å²) in [5.74, 6) is -0.407. The molecule has 21 heavy (non-hydrogen) atoms. The highest BCUT2D eigenvalue weighted by molar-refractivity contribution is 7.92. The van der Waals surface area contributed by atoms with Crippen LogP contribution in [0.25, 0.3) is 0 Å². The van der Waals surface area contributed by atoms with E-state index in [1.54, 1.807) is 6.92 Å². The van der Waals surface area contributed by atoms with E-state index in [0.29, 0.717) is 11.6 Å². The highest BCUT2D eigenvalue weighted by atomic mass is 32.2. The van der Waals surface area contributed by atoms with Crippen LogP contribution < -0.4 is 15.8 Å². The van der Waals surface area contributed by atoms with Crippen molar-refractivity contribution in [2.45, 2.75) is 25.8 Å². The lowest BCUT2D eigenvalue weighted by molar-refractivity contribution is 0.600. The predicted molar refractivity (Wildman–Crippen MR) is 81.2 cm³/mol. The number of anilines is 1. The Hall–Kier alpha value is -1.83. The van der Waals surface area contributed by atoms with Crippen LogP contribution in [0.1, 0.15) is 18.4 Å². The zero-order valence-electron chi connectivity index (χ0n) is 11.8. The molecule has 1 aromatic rings. The lowest BCUT2D eigenvalue weighted by atomic mass is 10.2. The Kier molecular flexibility index (Phi) is 4.66. The van der Waals surface area contributed by atoms with Crippen LogP contribution in [0, 0.1) is 12.7 Å². The standard InChI is InChI=1S/C13H19FN4O2S/c1-9-2-3-11(8-12(9)14)18-21(19,20)7-6-16-13(15)17-10-4-5-10/h2-3,8,10,18H,4-7H2,1H3,(H3,15,16,17). The lowest BCUT2D eigenvalue weighted by Gasteiger charge is -2.08. The van der Waals surface area contributed by atoms with Gasteiger partial charge in [-0.25, -0.2) is 12.8 Å². The summed E-state index contributed by atoms with van der Waals surface area (Å²) in [7, 11) is -3.58. The number of hydrogen-bond donors (Lipinski definition) is 3. The van der Waals surface area contributed by atoms with Crippen molar-refractivity contribution < 1.29 is 12.8 Å². The number of guanidine groups is 1. The van der Waals surface area contributed by atoms with Crippen molar-refractivity contribution in [1.29, 1.82) is 0 Å². The fourth-order valence-electron chi connectivity index (χ4n) is 1.66. The molecule has 8 heteroatoms. The Labute approximate surface area is 123 Å². The average Bonchev–Trinajstić information content (AvgIpc) is 3.17. The second kappa shape index (κ2) is 6.30. The van der Waals surface area contributed by atoms with E-state index < -0.39 is 15.8 Å². The molecule has 0 spiro atoms. The van der Waals surface area contributed by atoms with Gasteiger partial charge < -0.3 is 11.1 Å². The van der Waals surface area contributed by atoms with Gasteiger partial charge in [0.05, 0.1) is 18.0 Å². The third-order valence-corrected chi connectivity index (χ3v) is 4.28. The number of nitrogens with two attached hydrogens (primary N) is 1. The SMILES string of the molecule is Cc1ccc(NS(=O)(=O)CCN=C(N)NC2CC2)cc1F. The number of aryl methyl sites for hydroxylation is 1. The molecule has 0 heterocycles. The number of aliphatic imine (C=N–C) groups is 1. The fraction of sp³-hybridized carbons (Fsp3) is 0.462. The molecule has 0 amide bonds. The normalized spacial score (nSPS) is 15.8. The number of benzene rings is 1. The van der Waals surface area contributed by atoms with Gasteiger partial charge in [-0.15, -0.1) is 0 Å². The molecule has 1 aromatic carbocycles. The van der Waals surface area contributed by atoms with E-state index in [4.69, 9.17) is 5.73 Å². The van der Waals surface area contributed by atoms with Gasteiger partial charge in [-0.3, -0.25) is 9.71 Å². The number of sulfonamides is 1. The van der Waals surface area contributed by atoms with Crippen molar-refractivity contribution in [3.8, 4) is 0 Å². The molecule has 116 valence electrons. The smallest absolute Gasteiger partial charge is 0.234 e. The highest BCUT2D eigenvalue weighted by Crippen LogP contribution is 2.18.